The van der Waals surface area contributed by atoms with Crippen LogP contribution in [0.3, 0.4) is 0 Å². The summed E-state index contributed by atoms with van der Waals surface area (Å²) in [7, 11) is 0. The van der Waals surface area contributed by atoms with Crippen molar-refractivity contribution in [3.05, 3.63) is 0 Å². The number of hydrogen-bond donors (Lipinski definition) is 0. The molecule has 1 saturated heterocycles. The van der Waals surface area contributed by atoms with Gasteiger partial charge in [-0.2, -0.15) is 0 Å². The molecule has 0 amide bonds. The summed E-state index contributed by atoms with van der Waals surface area (Å²) in [5.41, 5.74) is 0. The largest absolute Gasteiger partial charge is 0.379 e. The lowest BCUT2D eigenvalue weighted by Gasteiger charge is -2.31. The predicted octanol–water partition coefficient (Wildman–Crippen LogP) is 2.76. The molecule has 0 aromatic rings. The number of halogens is 1. The van der Waals surface area contributed by atoms with Gasteiger partial charge in [0.05, 0.1) is 25.9 Å². The zero-order chi connectivity index (χ0) is 13.6. The third-order valence-electron chi connectivity index (χ3n) is 2.63. The first-order valence-electron chi connectivity index (χ1n) is 6.59. The lowest BCUT2D eigenvalue weighted by atomic mass is 10.2. The second kappa shape index (κ2) is 9.67. The van der Waals surface area contributed by atoms with Crippen LogP contribution in [-0.4, -0.2) is 57.1 Å². The molecule has 0 aromatic heterocycles. The van der Waals surface area contributed by atoms with Gasteiger partial charge in [0.15, 0.2) is 6.49 Å². The number of nitrogens with zero attached hydrogens (tertiary/aromatic N) is 1. The fraction of sp³-hybridized carbons (Fsp3) is 1.00. The third-order valence-corrected chi connectivity index (χ3v) is 4.57. The highest BCUT2D eigenvalue weighted by atomic mass is 35.5. The zero-order valence-electron chi connectivity index (χ0n) is 12.3. The molecular formula is C12H27ClNO3PS. The molecule has 0 spiro atoms. The van der Waals surface area contributed by atoms with Gasteiger partial charge in [-0.25, -0.2) is 0 Å². The van der Waals surface area contributed by atoms with E-state index in [1.54, 1.807) is 0 Å². The highest BCUT2D eigenvalue weighted by molar-refractivity contribution is 8.09. The number of morpholine rings is 1. The third kappa shape index (κ3) is 9.35. The van der Waals surface area contributed by atoms with Crippen LogP contribution in [0.5, 0.6) is 0 Å². The van der Waals surface area contributed by atoms with E-state index in [-0.39, 0.29) is 18.5 Å². The van der Waals surface area contributed by atoms with Crippen molar-refractivity contribution >= 4 is 30.7 Å². The normalized spacial score (nSPS) is 21.7. The molecule has 2 atom stereocenters. The minimum Gasteiger partial charge on any atom is -0.379 e. The van der Waals surface area contributed by atoms with E-state index in [9.17, 15) is 0 Å². The van der Waals surface area contributed by atoms with Crippen LogP contribution in [0.2, 0.25) is 0 Å². The van der Waals surface area contributed by atoms with Gasteiger partial charge in [-0.3, -0.25) is 4.90 Å². The molecule has 7 heteroatoms. The Kier molecular flexibility index (Phi) is 10.1. The van der Waals surface area contributed by atoms with Gasteiger partial charge in [0, 0.05) is 26.3 Å². The molecule has 0 radical (unpaired) electrons. The lowest BCUT2D eigenvalue weighted by Crippen LogP contribution is -2.40. The number of ether oxygens (including phenoxy) is 1. The van der Waals surface area contributed by atoms with Gasteiger partial charge in [-0.1, -0.05) is 13.8 Å². The average molecular weight is 332 g/mol. The van der Waals surface area contributed by atoms with Crippen LogP contribution < -0.4 is 0 Å². The highest BCUT2D eigenvalue weighted by Gasteiger charge is 2.20. The Balaban J connectivity index is 0.00000324. The summed E-state index contributed by atoms with van der Waals surface area (Å²) >= 11 is 5.43. The highest BCUT2D eigenvalue weighted by Crippen LogP contribution is 2.46. The second-order valence-electron chi connectivity index (χ2n) is 5.29. The van der Waals surface area contributed by atoms with Gasteiger partial charge >= 0.3 is 0 Å². The van der Waals surface area contributed by atoms with Crippen LogP contribution in [-0.2, 0) is 25.6 Å². The SMILES string of the molecule is CC(C)COP(C)(=S)OC(C)CN1CCOCC1.Cl. The maximum atomic E-state index is 5.91. The summed E-state index contributed by atoms with van der Waals surface area (Å²) in [5, 5.41) is 0. The number of hydrogen-bond acceptors (Lipinski definition) is 5. The van der Waals surface area contributed by atoms with E-state index < -0.39 is 6.49 Å². The van der Waals surface area contributed by atoms with Crippen molar-refractivity contribution in [1.82, 2.24) is 4.90 Å². The van der Waals surface area contributed by atoms with E-state index in [0.29, 0.717) is 12.5 Å². The van der Waals surface area contributed by atoms with Crippen LogP contribution in [0.4, 0.5) is 0 Å². The molecule has 0 saturated carbocycles. The van der Waals surface area contributed by atoms with Gasteiger partial charge in [0.25, 0.3) is 0 Å². The van der Waals surface area contributed by atoms with E-state index in [2.05, 4.69) is 25.7 Å². The summed E-state index contributed by atoms with van der Waals surface area (Å²) in [6.07, 6.45) is 0.117. The Morgan fingerprint density at radius 1 is 1.26 bits per heavy atom. The molecule has 0 bridgehead atoms. The first-order valence-corrected chi connectivity index (χ1v) is 9.68. The summed E-state index contributed by atoms with van der Waals surface area (Å²) in [4.78, 5) is 2.35. The van der Waals surface area contributed by atoms with Crippen molar-refractivity contribution in [2.75, 3.05) is 46.1 Å². The Bertz CT molecular complexity index is 288. The topological polar surface area (TPSA) is 30.9 Å². The average Bonchev–Trinajstić information content (AvgIpc) is 2.27. The Morgan fingerprint density at radius 3 is 2.37 bits per heavy atom. The maximum Gasteiger partial charge on any atom is 0.185 e. The first kappa shape index (κ1) is 19.8. The molecule has 1 fully saturated rings. The van der Waals surface area contributed by atoms with Crippen molar-refractivity contribution in [1.29, 1.82) is 0 Å². The fourth-order valence-corrected chi connectivity index (χ4v) is 3.80. The van der Waals surface area contributed by atoms with Crippen LogP contribution in [0, 0.1) is 5.92 Å². The molecule has 2 unspecified atom stereocenters. The molecule has 4 nitrogen and oxygen atoms in total. The van der Waals surface area contributed by atoms with Gasteiger partial charge < -0.3 is 13.8 Å². The number of rotatable bonds is 7. The quantitative estimate of drug-likeness (QED) is 0.670. The van der Waals surface area contributed by atoms with Crippen molar-refractivity contribution < 1.29 is 13.8 Å². The fourth-order valence-electron chi connectivity index (χ4n) is 1.82. The molecule has 1 aliphatic rings. The predicted molar refractivity (Wildman–Crippen MR) is 86.1 cm³/mol. The maximum absolute atomic E-state index is 5.91. The van der Waals surface area contributed by atoms with E-state index >= 15 is 0 Å². The molecule has 1 rings (SSSR count). The van der Waals surface area contributed by atoms with Gasteiger partial charge in [-0.05, 0) is 24.6 Å². The molecule has 116 valence electrons. The Labute approximate surface area is 128 Å². The summed E-state index contributed by atoms with van der Waals surface area (Å²) in [5.74, 6) is 0.491. The summed E-state index contributed by atoms with van der Waals surface area (Å²) < 4.78 is 16.9. The zero-order valence-corrected chi connectivity index (χ0v) is 14.9. The molecular weight excluding hydrogens is 305 g/mol. The summed E-state index contributed by atoms with van der Waals surface area (Å²) in [6.45, 7) is 11.3. The lowest BCUT2D eigenvalue weighted by molar-refractivity contribution is 0.0213. The van der Waals surface area contributed by atoms with Crippen molar-refractivity contribution in [3.8, 4) is 0 Å². The Morgan fingerprint density at radius 2 is 1.84 bits per heavy atom. The van der Waals surface area contributed by atoms with Crippen molar-refractivity contribution in [3.63, 3.8) is 0 Å². The standard InChI is InChI=1S/C12H26NO3PS.ClH/c1-11(2)10-15-17(4,18)16-12(3)9-13-5-7-14-8-6-13;/h11-12H,5-10H2,1-4H3;1H. The minimum absolute atomic E-state index is 0. The smallest absolute Gasteiger partial charge is 0.185 e. The van der Waals surface area contributed by atoms with Gasteiger partial charge in [0.2, 0.25) is 0 Å². The van der Waals surface area contributed by atoms with E-state index in [1.165, 1.54) is 0 Å². The van der Waals surface area contributed by atoms with E-state index in [0.717, 1.165) is 32.8 Å². The monoisotopic (exact) mass is 331 g/mol. The first-order chi connectivity index (χ1) is 8.39. The van der Waals surface area contributed by atoms with Crippen LogP contribution in [0.15, 0.2) is 0 Å². The van der Waals surface area contributed by atoms with Gasteiger partial charge in [0.1, 0.15) is 0 Å². The Hall–Kier alpha value is 0.780. The van der Waals surface area contributed by atoms with Crippen LogP contribution in [0.25, 0.3) is 0 Å². The van der Waals surface area contributed by atoms with Crippen LogP contribution >= 0.6 is 18.9 Å². The molecule has 1 heterocycles. The minimum atomic E-state index is -2.09. The summed E-state index contributed by atoms with van der Waals surface area (Å²) in [6, 6.07) is 0. The van der Waals surface area contributed by atoms with Crippen molar-refractivity contribution in [2.45, 2.75) is 26.9 Å². The molecule has 0 aliphatic carbocycles. The van der Waals surface area contributed by atoms with Crippen LogP contribution in [0.1, 0.15) is 20.8 Å². The molecule has 0 N–H and O–H groups in total. The van der Waals surface area contributed by atoms with Gasteiger partial charge in [-0.15, -0.1) is 12.4 Å². The van der Waals surface area contributed by atoms with E-state index in [4.69, 9.17) is 25.6 Å². The molecule has 0 aromatic carbocycles. The van der Waals surface area contributed by atoms with Crippen molar-refractivity contribution in [2.24, 2.45) is 5.92 Å². The molecule has 19 heavy (non-hydrogen) atoms. The second-order valence-corrected chi connectivity index (χ2v) is 9.29. The van der Waals surface area contributed by atoms with E-state index in [1.807, 2.05) is 6.66 Å². The molecule has 1 aliphatic heterocycles.